The number of nitrogens with zero attached hydrogens (tertiary/aromatic N) is 2. The number of urea groups is 1. The molecule has 0 bridgehead atoms. The van der Waals surface area contributed by atoms with E-state index >= 15 is 0 Å². The van der Waals surface area contributed by atoms with Gasteiger partial charge >= 0.3 is 6.03 Å². The minimum Gasteiger partial charge on any atom is -0.497 e. The van der Waals surface area contributed by atoms with Crippen LogP contribution in [0, 0.1) is 0 Å². The molecule has 0 unspecified atom stereocenters. The lowest BCUT2D eigenvalue weighted by Gasteiger charge is -2.30. The van der Waals surface area contributed by atoms with Crippen LogP contribution in [0.25, 0.3) is 0 Å². The lowest BCUT2D eigenvalue weighted by Crippen LogP contribution is -2.41. The quantitative estimate of drug-likeness (QED) is 0.860. The maximum Gasteiger partial charge on any atom is 0.324 e. The molecule has 1 aliphatic rings. The Bertz CT molecular complexity index is 470. The van der Waals surface area contributed by atoms with Gasteiger partial charge < -0.3 is 9.64 Å². The van der Waals surface area contributed by atoms with E-state index in [1.165, 1.54) is 0 Å². The van der Waals surface area contributed by atoms with Crippen LogP contribution in [0.5, 0.6) is 5.75 Å². The van der Waals surface area contributed by atoms with E-state index in [0.717, 1.165) is 15.8 Å². The van der Waals surface area contributed by atoms with Crippen LogP contribution >= 0.6 is 15.9 Å². The summed E-state index contributed by atoms with van der Waals surface area (Å²) in [6, 6.07) is 7.72. The van der Waals surface area contributed by atoms with Crippen molar-refractivity contribution in [2.45, 2.75) is 6.54 Å². The number of rotatable bonds is 3. The van der Waals surface area contributed by atoms with E-state index in [4.69, 9.17) is 4.74 Å². The summed E-state index contributed by atoms with van der Waals surface area (Å²) >= 11 is 3.44. The number of hydrogen-bond donors (Lipinski definition) is 0. The van der Waals surface area contributed by atoms with Gasteiger partial charge in [0.05, 0.1) is 20.2 Å². The zero-order valence-electron chi connectivity index (χ0n) is 10.4. The van der Waals surface area contributed by atoms with Crippen LogP contribution in [0.15, 0.2) is 34.9 Å². The van der Waals surface area contributed by atoms with E-state index in [1.54, 1.807) is 24.0 Å². The maximum atomic E-state index is 12.0. The first-order valence-electron chi connectivity index (χ1n) is 5.61. The van der Waals surface area contributed by atoms with Crippen LogP contribution in [0.3, 0.4) is 0 Å². The summed E-state index contributed by atoms with van der Waals surface area (Å²) in [5, 5.41) is 0. The second-order valence-corrected chi connectivity index (χ2v) is 5.21. The second-order valence-electron chi connectivity index (χ2n) is 4.19. The van der Waals surface area contributed by atoms with E-state index in [2.05, 4.69) is 15.9 Å². The van der Waals surface area contributed by atoms with Crippen LogP contribution in [0.2, 0.25) is 0 Å². The fraction of sp³-hybridized carbons (Fsp3) is 0.308. The number of methoxy groups -OCH3 is 1. The molecule has 0 aliphatic carbocycles. The molecule has 2 amide bonds. The summed E-state index contributed by atoms with van der Waals surface area (Å²) in [6.07, 6.45) is 1.84. The number of ether oxygens (including phenoxy) is 1. The molecule has 96 valence electrons. The number of carbonyl (C=O) groups is 1. The third-order valence-electron chi connectivity index (χ3n) is 2.77. The molecular weight excluding hydrogens is 296 g/mol. The van der Waals surface area contributed by atoms with Crippen LogP contribution in [-0.2, 0) is 6.54 Å². The number of hydrogen-bond acceptors (Lipinski definition) is 2. The summed E-state index contributed by atoms with van der Waals surface area (Å²) < 4.78 is 6.10. The van der Waals surface area contributed by atoms with Gasteiger partial charge in [-0.2, -0.15) is 0 Å². The Labute approximate surface area is 115 Å². The van der Waals surface area contributed by atoms with Gasteiger partial charge in [-0.15, -0.1) is 0 Å². The highest BCUT2D eigenvalue weighted by Gasteiger charge is 2.22. The van der Waals surface area contributed by atoms with Gasteiger partial charge in [0.2, 0.25) is 0 Å². The topological polar surface area (TPSA) is 32.8 Å². The van der Waals surface area contributed by atoms with Gasteiger partial charge in [-0.1, -0.05) is 28.1 Å². The molecule has 5 heteroatoms. The first kappa shape index (κ1) is 13.0. The lowest BCUT2D eigenvalue weighted by molar-refractivity contribution is 0.176. The van der Waals surface area contributed by atoms with Crippen molar-refractivity contribution in [1.29, 1.82) is 0 Å². The van der Waals surface area contributed by atoms with E-state index < -0.39 is 0 Å². The zero-order valence-corrected chi connectivity index (χ0v) is 12.0. The molecule has 0 saturated carbocycles. The molecule has 1 heterocycles. The molecular formula is C13H15BrN2O2. The third-order valence-corrected chi connectivity index (χ3v) is 3.22. The molecule has 1 aromatic rings. The average molecular weight is 311 g/mol. The minimum atomic E-state index is 0.00835. The molecule has 0 aromatic heterocycles. The largest absolute Gasteiger partial charge is 0.497 e. The Morgan fingerprint density at radius 3 is 2.61 bits per heavy atom. The fourth-order valence-electron chi connectivity index (χ4n) is 1.82. The highest BCUT2D eigenvalue weighted by atomic mass is 79.9. The van der Waals surface area contributed by atoms with E-state index in [0.29, 0.717) is 13.1 Å². The predicted molar refractivity (Wildman–Crippen MR) is 73.6 cm³/mol. The molecule has 18 heavy (non-hydrogen) atoms. The molecule has 0 saturated heterocycles. The number of benzene rings is 1. The molecule has 4 nitrogen and oxygen atoms in total. The summed E-state index contributed by atoms with van der Waals surface area (Å²) in [7, 11) is 3.43. The normalized spacial score (nSPS) is 15.7. The van der Waals surface area contributed by atoms with Gasteiger partial charge in [-0.05, 0) is 17.7 Å². The number of halogens is 1. The standard InChI is InChI=1S/C13H15BrN2O2/c1-15-8-11(14)9-16(13(15)17)7-10-3-5-12(18-2)6-4-10/h3-6,9H,7-8H2,1-2H3. The molecule has 0 atom stereocenters. The van der Waals surface area contributed by atoms with Crippen LogP contribution in [0.1, 0.15) is 5.56 Å². The predicted octanol–water partition coefficient (Wildman–Crippen LogP) is 2.80. The highest BCUT2D eigenvalue weighted by molar-refractivity contribution is 9.11. The average Bonchev–Trinajstić information content (AvgIpc) is 2.36. The third kappa shape index (κ3) is 2.85. The van der Waals surface area contributed by atoms with Gasteiger partial charge in [0.1, 0.15) is 5.75 Å². The monoisotopic (exact) mass is 310 g/mol. The Kier molecular flexibility index (Phi) is 3.91. The van der Waals surface area contributed by atoms with Crippen molar-refractivity contribution in [2.24, 2.45) is 0 Å². The highest BCUT2D eigenvalue weighted by Crippen LogP contribution is 2.19. The number of likely N-dealkylation sites (N-methyl/N-ethyl adjacent to an activating group) is 1. The number of carbonyl (C=O) groups excluding carboxylic acids is 1. The molecule has 0 radical (unpaired) electrons. The van der Waals surface area contributed by atoms with E-state index in [1.807, 2.05) is 30.5 Å². The van der Waals surface area contributed by atoms with Crippen molar-refractivity contribution in [2.75, 3.05) is 20.7 Å². The first-order valence-corrected chi connectivity index (χ1v) is 6.40. The van der Waals surface area contributed by atoms with Crippen LogP contribution in [-0.4, -0.2) is 36.5 Å². The van der Waals surface area contributed by atoms with Crippen LogP contribution in [0.4, 0.5) is 4.79 Å². The maximum absolute atomic E-state index is 12.0. The lowest BCUT2D eigenvalue weighted by atomic mass is 10.2. The number of amides is 2. The van der Waals surface area contributed by atoms with Crippen molar-refractivity contribution in [3.8, 4) is 5.75 Å². The molecule has 0 spiro atoms. The molecule has 1 aromatic carbocycles. The smallest absolute Gasteiger partial charge is 0.324 e. The summed E-state index contributed by atoms with van der Waals surface area (Å²) in [5.74, 6) is 0.817. The first-order chi connectivity index (χ1) is 8.60. The Morgan fingerprint density at radius 1 is 1.33 bits per heavy atom. The zero-order chi connectivity index (χ0) is 13.1. The second kappa shape index (κ2) is 5.44. The van der Waals surface area contributed by atoms with E-state index in [-0.39, 0.29) is 6.03 Å². The molecule has 2 rings (SSSR count). The molecule has 0 N–H and O–H groups in total. The Balaban J connectivity index is 2.12. The van der Waals surface area contributed by atoms with Crippen molar-refractivity contribution in [3.63, 3.8) is 0 Å². The minimum absolute atomic E-state index is 0.00835. The van der Waals surface area contributed by atoms with Gasteiger partial charge in [0.15, 0.2) is 0 Å². The van der Waals surface area contributed by atoms with Gasteiger partial charge in [0.25, 0.3) is 0 Å². The van der Waals surface area contributed by atoms with Crippen molar-refractivity contribution >= 4 is 22.0 Å². The van der Waals surface area contributed by atoms with Crippen molar-refractivity contribution in [3.05, 3.63) is 40.5 Å². The summed E-state index contributed by atoms with van der Waals surface area (Å²) in [4.78, 5) is 15.3. The van der Waals surface area contributed by atoms with Gasteiger partial charge in [-0.3, -0.25) is 4.90 Å². The summed E-state index contributed by atoms with van der Waals surface area (Å²) in [6.45, 7) is 1.18. The molecule has 0 fully saturated rings. The Hall–Kier alpha value is -1.49. The van der Waals surface area contributed by atoms with Gasteiger partial charge in [0, 0.05) is 17.7 Å². The summed E-state index contributed by atoms with van der Waals surface area (Å²) in [5.41, 5.74) is 1.07. The van der Waals surface area contributed by atoms with Gasteiger partial charge in [-0.25, -0.2) is 4.79 Å². The van der Waals surface area contributed by atoms with Crippen molar-refractivity contribution in [1.82, 2.24) is 9.80 Å². The van der Waals surface area contributed by atoms with Crippen molar-refractivity contribution < 1.29 is 9.53 Å². The fourth-order valence-corrected chi connectivity index (χ4v) is 2.44. The van der Waals surface area contributed by atoms with Crippen LogP contribution < -0.4 is 4.74 Å². The van der Waals surface area contributed by atoms with E-state index in [9.17, 15) is 4.79 Å². The SMILES string of the molecule is COc1ccc(CN2C=C(Br)CN(C)C2=O)cc1. The Morgan fingerprint density at radius 2 is 2.00 bits per heavy atom. The molecule has 1 aliphatic heterocycles.